The molecular formula is C17H13N2O5-. The molecule has 2 aromatic rings. The van der Waals surface area contributed by atoms with Gasteiger partial charge >= 0.3 is 0 Å². The van der Waals surface area contributed by atoms with E-state index >= 15 is 0 Å². The fourth-order valence-electron chi connectivity index (χ4n) is 2.18. The number of nitrogens with zero attached hydrogens (tertiary/aromatic N) is 1. The van der Waals surface area contributed by atoms with Gasteiger partial charge in [-0.15, -0.1) is 0 Å². The third-order valence-electron chi connectivity index (χ3n) is 3.36. The summed E-state index contributed by atoms with van der Waals surface area (Å²) in [6, 6.07) is 13.2. The van der Waals surface area contributed by atoms with E-state index in [0.29, 0.717) is 17.1 Å². The van der Waals surface area contributed by atoms with Crippen molar-refractivity contribution in [3.05, 3.63) is 59.7 Å². The molecule has 24 heavy (non-hydrogen) atoms. The molecule has 0 radical (unpaired) electrons. The average Bonchev–Trinajstić information content (AvgIpc) is 2.61. The summed E-state index contributed by atoms with van der Waals surface area (Å²) in [6.07, 6.45) is 0.397. The van der Waals surface area contributed by atoms with E-state index in [4.69, 9.17) is 9.47 Å². The standard InChI is InChI=1S/C17H14N2O5/c20-16(15-10-23-13-7-3-4-8-14(13)24-15)19-18-9-11-5-1-2-6-12(11)17(21)22/h1-9,15H,10H2,(H,19,20)(H,21,22)/p-1/b18-9-/t15-/m0/s1. The van der Waals surface area contributed by atoms with E-state index in [1.807, 2.05) is 6.07 Å². The summed E-state index contributed by atoms with van der Waals surface area (Å²) in [5.74, 6) is -0.751. The van der Waals surface area contributed by atoms with Crippen LogP contribution in [0.2, 0.25) is 0 Å². The summed E-state index contributed by atoms with van der Waals surface area (Å²) in [6.45, 7) is 0.0635. The molecule has 1 aliphatic rings. The lowest BCUT2D eigenvalue weighted by Gasteiger charge is -2.24. The van der Waals surface area contributed by atoms with Crippen LogP contribution in [-0.2, 0) is 4.79 Å². The molecular weight excluding hydrogens is 312 g/mol. The molecule has 0 saturated carbocycles. The molecule has 0 fully saturated rings. The maximum atomic E-state index is 12.1. The molecule has 0 bridgehead atoms. The molecule has 7 heteroatoms. The molecule has 3 rings (SSSR count). The number of hydrogen-bond acceptors (Lipinski definition) is 6. The molecule has 1 atom stereocenters. The number of carbonyl (C=O) groups excluding carboxylic acids is 2. The predicted molar refractivity (Wildman–Crippen MR) is 82.9 cm³/mol. The highest BCUT2D eigenvalue weighted by Crippen LogP contribution is 2.30. The number of benzene rings is 2. The van der Waals surface area contributed by atoms with Gasteiger partial charge in [-0.25, -0.2) is 5.43 Å². The van der Waals surface area contributed by atoms with Crippen LogP contribution >= 0.6 is 0 Å². The Morgan fingerprint density at radius 1 is 1.12 bits per heavy atom. The number of aromatic carboxylic acids is 1. The highest BCUT2D eigenvalue weighted by molar-refractivity contribution is 5.97. The molecule has 0 unspecified atom stereocenters. The summed E-state index contributed by atoms with van der Waals surface area (Å²) >= 11 is 0. The van der Waals surface area contributed by atoms with Crippen LogP contribution in [0.25, 0.3) is 0 Å². The number of rotatable bonds is 4. The van der Waals surface area contributed by atoms with Crippen LogP contribution in [0.1, 0.15) is 15.9 Å². The minimum Gasteiger partial charge on any atom is -0.545 e. The van der Waals surface area contributed by atoms with Gasteiger partial charge in [0.25, 0.3) is 5.91 Å². The molecule has 1 aliphatic heterocycles. The lowest BCUT2D eigenvalue weighted by atomic mass is 10.1. The number of fused-ring (bicyclic) bond motifs is 1. The van der Waals surface area contributed by atoms with Gasteiger partial charge in [0.2, 0.25) is 6.10 Å². The van der Waals surface area contributed by atoms with Gasteiger partial charge in [0.05, 0.1) is 12.2 Å². The molecule has 0 aromatic heterocycles. The van der Waals surface area contributed by atoms with Crippen molar-refractivity contribution in [3.8, 4) is 11.5 Å². The van der Waals surface area contributed by atoms with Crippen LogP contribution in [0.4, 0.5) is 0 Å². The second-order valence-electron chi connectivity index (χ2n) is 4.97. The van der Waals surface area contributed by atoms with Crippen molar-refractivity contribution in [2.24, 2.45) is 5.10 Å². The summed E-state index contributed by atoms with van der Waals surface area (Å²) in [5, 5.41) is 14.8. The molecule has 0 saturated heterocycles. The number of hydrogen-bond donors (Lipinski definition) is 1. The Balaban J connectivity index is 1.63. The first-order valence-electron chi connectivity index (χ1n) is 7.17. The smallest absolute Gasteiger partial charge is 0.284 e. The fraction of sp³-hybridized carbons (Fsp3) is 0.118. The second-order valence-corrected chi connectivity index (χ2v) is 4.97. The Morgan fingerprint density at radius 2 is 1.83 bits per heavy atom. The highest BCUT2D eigenvalue weighted by Gasteiger charge is 2.26. The predicted octanol–water partition coefficient (Wildman–Crippen LogP) is 0.340. The first-order chi connectivity index (χ1) is 11.6. The van der Waals surface area contributed by atoms with E-state index in [0.717, 1.165) is 0 Å². The van der Waals surface area contributed by atoms with Crippen molar-refractivity contribution in [1.29, 1.82) is 0 Å². The van der Waals surface area contributed by atoms with Crippen LogP contribution < -0.4 is 20.0 Å². The molecule has 0 spiro atoms. The lowest BCUT2D eigenvalue weighted by Crippen LogP contribution is -2.42. The Morgan fingerprint density at radius 3 is 2.62 bits per heavy atom. The van der Waals surface area contributed by atoms with E-state index in [1.165, 1.54) is 12.3 Å². The van der Waals surface area contributed by atoms with Crippen LogP contribution in [0.5, 0.6) is 11.5 Å². The first kappa shape index (κ1) is 15.5. The summed E-state index contributed by atoms with van der Waals surface area (Å²) in [4.78, 5) is 23.0. The van der Waals surface area contributed by atoms with E-state index in [2.05, 4.69) is 10.5 Å². The van der Waals surface area contributed by atoms with Crippen molar-refractivity contribution >= 4 is 18.1 Å². The number of nitrogens with one attached hydrogen (secondary N) is 1. The van der Waals surface area contributed by atoms with Crippen LogP contribution in [0, 0.1) is 0 Å². The summed E-state index contributed by atoms with van der Waals surface area (Å²) in [5.41, 5.74) is 2.62. The van der Waals surface area contributed by atoms with Crippen molar-refractivity contribution in [3.63, 3.8) is 0 Å². The molecule has 1 heterocycles. The third kappa shape index (κ3) is 3.35. The highest BCUT2D eigenvalue weighted by atomic mass is 16.6. The second kappa shape index (κ2) is 6.82. The van der Waals surface area contributed by atoms with Gasteiger partial charge in [0, 0.05) is 11.1 Å². The molecule has 2 aromatic carbocycles. The van der Waals surface area contributed by atoms with Gasteiger partial charge in [-0.05, 0) is 12.1 Å². The van der Waals surface area contributed by atoms with Crippen LogP contribution in [-0.4, -0.2) is 30.8 Å². The van der Waals surface area contributed by atoms with E-state index in [9.17, 15) is 14.7 Å². The maximum Gasteiger partial charge on any atom is 0.284 e. The minimum atomic E-state index is -1.32. The Bertz CT molecular complexity index is 803. The van der Waals surface area contributed by atoms with Gasteiger partial charge in [0.15, 0.2) is 11.5 Å². The van der Waals surface area contributed by atoms with E-state index in [1.54, 1.807) is 36.4 Å². The molecule has 0 aliphatic carbocycles. The molecule has 122 valence electrons. The van der Waals surface area contributed by atoms with Gasteiger partial charge in [-0.2, -0.15) is 5.10 Å². The minimum absolute atomic E-state index is 0.0123. The SMILES string of the molecule is O=C([O-])c1ccccc1/C=N\NC(=O)[C@@H]1COc2ccccc2O1. The summed E-state index contributed by atoms with van der Waals surface area (Å²) in [7, 11) is 0. The monoisotopic (exact) mass is 325 g/mol. The van der Waals surface area contributed by atoms with Crippen molar-refractivity contribution in [2.45, 2.75) is 6.10 Å². The first-order valence-corrected chi connectivity index (χ1v) is 7.17. The topological polar surface area (TPSA) is 100 Å². The number of carboxylic acid groups (broad SMARTS) is 1. The number of para-hydroxylation sites is 2. The van der Waals surface area contributed by atoms with E-state index < -0.39 is 18.0 Å². The summed E-state index contributed by atoms with van der Waals surface area (Å²) < 4.78 is 11.0. The Kier molecular flexibility index (Phi) is 4.42. The van der Waals surface area contributed by atoms with Gasteiger partial charge < -0.3 is 19.4 Å². The van der Waals surface area contributed by atoms with Gasteiger partial charge in [-0.3, -0.25) is 4.79 Å². The average molecular weight is 325 g/mol. The zero-order valence-corrected chi connectivity index (χ0v) is 12.5. The van der Waals surface area contributed by atoms with Crippen LogP contribution in [0.15, 0.2) is 53.6 Å². The zero-order chi connectivity index (χ0) is 16.9. The Labute approximate surface area is 137 Å². The quantitative estimate of drug-likeness (QED) is 0.645. The zero-order valence-electron chi connectivity index (χ0n) is 12.5. The fourth-order valence-corrected chi connectivity index (χ4v) is 2.18. The maximum absolute atomic E-state index is 12.1. The number of carboxylic acids is 1. The largest absolute Gasteiger partial charge is 0.545 e. The van der Waals surface area contributed by atoms with Gasteiger partial charge in [0.1, 0.15) is 6.61 Å². The van der Waals surface area contributed by atoms with Crippen molar-refractivity contribution in [1.82, 2.24) is 5.43 Å². The third-order valence-corrected chi connectivity index (χ3v) is 3.36. The number of amides is 1. The van der Waals surface area contributed by atoms with Gasteiger partial charge in [-0.1, -0.05) is 36.4 Å². The number of hydrazone groups is 1. The Hall–Kier alpha value is -3.35. The van der Waals surface area contributed by atoms with Crippen molar-refractivity contribution in [2.75, 3.05) is 6.61 Å². The van der Waals surface area contributed by atoms with E-state index in [-0.39, 0.29) is 12.2 Å². The normalized spacial score (nSPS) is 15.9. The molecule has 7 nitrogen and oxygen atoms in total. The lowest BCUT2D eigenvalue weighted by molar-refractivity contribution is -0.255. The van der Waals surface area contributed by atoms with Crippen molar-refractivity contribution < 1.29 is 24.2 Å². The molecule has 1 N–H and O–H groups in total. The van der Waals surface area contributed by atoms with Crippen LogP contribution in [0.3, 0.4) is 0 Å². The number of ether oxygens (including phenoxy) is 2. The number of carbonyl (C=O) groups is 2. The molecule has 1 amide bonds.